The van der Waals surface area contributed by atoms with Gasteiger partial charge in [-0.3, -0.25) is 14.9 Å². The van der Waals surface area contributed by atoms with Crippen molar-refractivity contribution in [3.8, 4) is 5.82 Å². The molecule has 0 unspecified atom stereocenters. The molecule has 0 aliphatic heterocycles. The first-order chi connectivity index (χ1) is 12.1. The topological polar surface area (TPSA) is 93.2 Å². The van der Waals surface area contributed by atoms with E-state index >= 15 is 0 Å². The van der Waals surface area contributed by atoms with Crippen molar-refractivity contribution in [1.29, 1.82) is 0 Å². The molecule has 3 aromatic heterocycles. The maximum absolute atomic E-state index is 12.7. The van der Waals surface area contributed by atoms with E-state index in [4.69, 9.17) is 0 Å². The molecule has 0 saturated heterocycles. The lowest BCUT2D eigenvalue weighted by Crippen LogP contribution is -2.19. The first kappa shape index (κ1) is 15.5. The van der Waals surface area contributed by atoms with Crippen LogP contribution >= 0.6 is 15.9 Å². The quantitative estimate of drug-likeness (QED) is 0.537. The molecule has 0 spiro atoms. The summed E-state index contributed by atoms with van der Waals surface area (Å²) < 4.78 is 3.85. The van der Waals surface area contributed by atoms with E-state index in [0.29, 0.717) is 22.7 Å². The van der Waals surface area contributed by atoms with Gasteiger partial charge in [-0.05, 0) is 43.3 Å². The molecule has 0 fully saturated rings. The van der Waals surface area contributed by atoms with Crippen LogP contribution in [0.5, 0.6) is 0 Å². The Morgan fingerprint density at radius 2 is 2.00 bits per heavy atom. The Hall–Kier alpha value is -3.07. The standard InChI is InChI=1S/C16H12BrN7O/c1-10-13(8-18-12-4-2-11(17)3-5-12)16(25)24(21-10)15-7-6-14-20-19-9-23(14)22-15/h2-9,21H,1H3. The zero-order valence-electron chi connectivity index (χ0n) is 13.1. The van der Waals surface area contributed by atoms with Crippen LogP contribution < -0.4 is 5.56 Å². The Labute approximate surface area is 150 Å². The molecule has 0 aliphatic rings. The minimum absolute atomic E-state index is 0.224. The summed E-state index contributed by atoms with van der Waals surface area (Å²) in [5.74, 6) is 0.448. The summed E-state index contributed by atoms with van der Waals surface area (Å²) in [5, 5.41) is 15.0. The summed E-state index contributed by atoms with van der Waals surface area (Å²) in [6.07, 6.45) is 3.04. The van der Waals surface area contributed by atoms with Crippen LogP contribution in [0.4, 0.5) is 5.69 Å². The zero-order valence-corrected chi connectivity index (χ0v) is 14.7. The largest absolute Gasteiger partial charge is 0.293 e. The molecule has 4 rings (SSSR count). The highest BCUT2D eigenvalue weighted by Crippen LogP contribution is 2.16. The van der Waals surface area contributed by atoms with Crippen molar-refractivity contribution in [3.63, 3.8) is 0 Å². The number of nitrogens with one attached hydrogen (secondary N) is 1. The molecule has 1 N–H and O–H groups in total. The van der Waals surface area contributed by atoms with E-state index in [1.54, 1.807) is 18.3 Å². The van der Waals surface area contributed by atoms with Crippen molar-refractivity contribution in [3.05, 3.63) is 68.8 Å². The molecule has 0 radical (unpaired) electrons. The van der Waals surface area contributed by atoms with Crippen LogP contribution in [0.3, 0.4) is 0 Å². The third-order valence-electron chi connectivity index (χ3n) is 3.66. The van der Waals surface area contributed by atoms with Crippen molar-refractivity contribution >= 4 is 33.5 Å². The smallest absolute Gasteiger partial charge is 0.281 e. The molecule has 1 aromatic carbocycles. The van der Waals surface area contributed by atoms with Gasteiger partial charge in [0, 0.05) is 16.4 Å². The van der Waals surface area contributed by atoms with Crippen molar-refractivity contribution in [1.82, 2.24) is 29.6 Å². The molecule has 4 aromatic rings. The second-order valence-electron chi connectivity index (χ2n) is 5.35. The molecule has 0 atom stereocenters. The molecule has 0 bridgehead atoms. The highest BCUT2D eigenvalue weighted by molar-refractivity contribution is 9.10. The number of aryl methyl sites for hydroxylation is 1. The number of aromatic nitrogens is 6. The number of rotatable bonds is 3. The number of aromatic amines is 1. The number of aliphatic imine (C=N–C) groups is 1. The van der Waals surface area contributed by atoms with Crippen molar-refractivity contribution in [2.24, 2.45) is 4.99 Å². The van der Waals surface area contributed by atoms with Gasteiger partial charge in [-0.15, -0.1) is 15.3 Å². The van der Waals surface area contributed by atoms with Gasteiger partial charge in [-0.25, -0.2) is 0 Å². The first-order valence-electron chi connectivity index (χ1n) is 7.40. The summed E-state index contributed by atoms with van der Waals surface area (Å²) in [6.45, 7) is 1.82. The third kappa shape index (κ3) is 2.89. The average Bonchev–Trinajstić information content (AvgIpc) is 3.19. The Kier molecular flexibility index (Phi) is 3.77. The summed E-state index contributed by atoms with van der Waals surface area (Å²) in [6, 6.07) is 11.0. The SMILES string of the molecule is Cc1[nH]n(-c2ccc3nncn3n2)c(=O)c1C=Nc1ccc(Br)cc1. The number of fused-ring (bicyclic) bond motifs is 1. The highest BCUT2D eigenvalue weighted by Gasteiger charge is 2.12. The molecule has 25 heavy (non-hydrogen) atoms. The third-order valence-corrected chi connectivity index (χ3v) is 4.19. The minimum atomic E-state index is -0.224. The van der Waals surface area contributed by atoms with Gasteiger partial charge < -0.3 is 0 Å². The van der Waals surface area contributed by atoms with E-state index < -0.39 is 0 Å². The summed E-state index contributed by atoms with van der Waals surface area (Å²) in [5.41, 5.74) is 2.33. The van der Waals surface area contributed by atoms with E-state index in [1.165, 1.54) is 15.5 Å². The van der Waals surface area contributed by atoms with Crippen molar-refractivity contribution in [2.75, 3.05) is 0 Å². The summed E-state index contributed by atoms with van der Waals surface area (Å²) >= 11 is 3.38. The molecule has 0 aliphatic carbocycles. The molecule has 124 valence electrons. The second-order valence-corrected chi connectivity index (χ2v) is 6.27. The van der Waals surface area contributed by atoms with Crippen LogP contribution in [-0.4, -0.2) is 35.8 Å². The number of hydrogen-bond acceptors (Lipinski definition) is 5. The average molecular weight is 398 g/mol. The Bertz CT molecular complexity index is 1140. The van der Waals surface area contributed by atoms with Crippen LogP contribution in [-0.2, 0) is 0 Å². The van der Waals surface area contributed by atoms with Crippen LogP contribution in [0.25, 0.3) is 11.5 Å². The number of halogens is 1. The highest BCUT2D eigenvalue weighted by atomic mass is 79.9. The van der Waals surface area contributed by atoms with Gasteiger partial charge in [0.05, 0.1) is 11.3 Å². The number of hydrogen-bond donors (Lipinski definition) is 1. The lowest BCUT2D eigenvalue weighted by atomic mass is 10.3. The Morgan fingerprint density at radius 1 is 1.20 bits per heavy atom. The lowest BCUT2D eigenvalue weighted by Gasteiger charge is -2.00. The maximum Gasteiger partial charge on any atom is 0.281 e. The monoisotopic (exact) mass is 397 g/mol. The molecule has 8 nitrogen and oxygen atoms in total. The fraction of sp³-hybridized carbons (Fsp3) is 0.0625. The van der Waals surface area contributed by atoms with E-state index in [0.717, 1.165) is 10.2 Å². The molecule has 9 heteroatoms. The van der Waals surface area contributed by atoms with Crippen LogP contribution in [0.1, 0.15) is 11.3 Å². The zero-order chi connectivity index (χ0) is 17.4. The number of H-pyrrole nitrogens is 1. The van der Waals surface area contributed by atoms with Gasteiger partial charge >= 0.3 is 0 Å². The molecular formula is C16H12BrN7O. The summed E-state index contributed by atoms with van der Waals surface area (Å²) in [7, 11) is 0. The fourth-order valence-electron chi connectivity index (χ4n) is 2.38. The fourth-order valence-corrected chi connectivity index (χ4v) is 2.64. The van der Waals surface area contributed by atoms with Gasteiger partial charge in [0.25, 0.3) is 5.56 Å². The van der Waals surface area contributed by atoms with Gasteiger partial charge in [0.1, 0.15) is 6.33 Å². The molecule has 0 saturated carbocycles. The van der Waals surface area contributed by atoms with Gasteiger partial charge in [-0.1, -0.05) is 15.9 Å². The normalized spacial score (nSPS) is 11.6. The Balaban J connectivity index is 1.73. The predicted octanol–water partition coefficient (Wildman–Crippen LogP) is 2.42. The predicted molar refractivity (Wildman–Crippen MR) is 96.9 cm³/mol. The Morgan fingerprint density at radius 3 is 2.80 bits per heavy atom. The molecule has 0 amide bonds. The first-order valence-corrected chi connectivity index (χ1v) is 8.20. The van der Waals surface area contributed by atoms with Gasteiger partial charge in [0.2, 0.25) is 0 Å². The number of benzene rings is 1. The van der Waals surface area contributed by atoms with Gasteiger partial charge in [-0.2, -0.15) is 9.20 Å². The van der Waals surface area contributed by atoms with Crippen LogP contribution in [0.15, 0.2) is 57.0 Å². The number of nitrogens with zero attached hydrogens (tertiary/aromatic N) is 6. The van der Waals surface area contributed by atoms with E-state index in [-0.39, 0.29) is 5.56 Å². The maximum atomic E-state index is 12.7. The van der Waals surface area contributed by atoms with Crippen molar-refractivity contribution in [2.45, 2.75) is 6.92 Å². The second kappa shape index (κ2) is 6.10. The van der Waals surface area contributed by atoms with E-state index in [9.17, 15) is 4.79 Å². The minimum Gasteiger partial charge on any atom is -0.293 e. The molecule has 3 heterocycles. The van der Waals surface area contributed by atoms with E-state index in [2.05, 4.69) is 41.3 Å². The van der Waals surface area contributed by atoms with E-state index in [1.807, 2.05) is 31.2 Å². The van der Waals surface area contributed by atoms with Crippen LogP contribution in [0, 0.1) is 6.92 Å². The van der Waals surface area contributed by atoms with Crippen LogP contribution in [0.2, 0.25) is 0 Å². The lowest BCUT2D eigenvalue weighted by molar-refractivity contribution is 0.765. The molecular weight excluding hydrogens is 386 g/mol. The van der Waals surface area contributed by atoms with Gasteiger partial charge in [0.15, 0.2) is 11.5 Å². The summed E-state index contributed by atoms with van der Waals surface area (Å²) in [4.78, 5) is 17.1. The van der Waals surface area contributed by atoms with Crippen molar-refractivity contribution < 1.29 is 0 Å².